The van der Waals surface area contributed by atoms with E-state index in [4.69, 9.17) is 0 Å². The first-order chi connectivity index (χ1) is 5.11. The van der Waals surface area contributed by atoms with E-state index in [9.17, 15) is 0 Å². The molecule has 0 saturated carbocycles. The average Bonchev–Trinajstić information content (AvgIpc) is 1.94. The van der Waals surface area contributed by atoms with Crippen molar-refractivity contribution < 1.29 is 0 Å². The van der Waals surface area contributed by atoms with Crippen molar-refractivity contribution in [1.29, 1.82) is 0 Å². The van der Waals surface area contributed by atoms with Crippen molar-refractivity contribution in [3.63, 3.8) is 0 Å². The Hall–Kier alpha value is 0.430. The molecular weight excluding hydrogens is 315 g/mol. The Morgan fingerprint density at radius 1 is 1.55 bits per heavy atom. The van der Waals surface area contributed by atoms with Gasteiger partial charge in [0.2, 0.25) is 0 Å². The van der Waals surface area contributed by atoms with Gasteiger partial charge >= 0.3 is 0 Å². The molecule has 0 aliphatic heterocycles. The monoisotopic (exact) mass is 323 g/mol. The van der Waals surface area contributed by atoms with E-state index in [1.807, 2.05) is 6.07 Å². The van der Waals surface area contributed by atoms with Crippen LogP contribution in [0.1, 0.15) is 18.4 Å². The predicted octanol–water partition coefficient (Wildman–Crippen LogP) is 3.99. The summed E-state index contributed by atoms with van der Waals surface area (Å²) in [5.74, 6) is 0.361. The minimum absolute atomic E-state index is 0.361. The lowest BCUT2D eigenvalue weighted by atomic mass is 10.0. The molecule has 0 nitrogen and oxygen atoms in total. The van der Waals surface area contributed by atoms with E-state index in [1.165, 1.54) is 9.13 Å². The summed E-state index contributed by atoms with van der Waals surface area (Å²) in [5, 5.41) is 0. The second kappa shape index (κ2) is 3.90. The van der Waals surface area contributed by atoms with Crippen LogP contribution in [0.5, 0.6) is 0 Å². The number of hydrogen-bond acceptors (Lipinski definition) is 0. The lowest BCUT2D eigenvalue weighted by Crippen LogP contribution is -1.91. The molecule has 2 heteroatoms. The van der Waals surface area contributed by atoms with Gasteiger partial charge in [0.1, 0.15) is 0 Å². The van der Waals surface area contributed by atoms with Crippen LogP contribution in [0.4, 0.5) is 0 Å². The smallest absolute Gasteiger partial charge is 0.0178 e. The maximum Gasteiger partial charge on any atom is 0.0178 e. The van der Waals surface area contributed by atoms with Crippen molar-refractivity contribution in [2.45, 2.75) is 12.8 Å². The third-order valence-corrected chi connectivity index (χ3v) is 2.96. The summed E-state index contributed by atoms with van der Waals surface area (Å²) in [6.45, 7) is 6.09. The van der Waals surface area contributed by atoms with Crippen LogP contribution in [0.15, 0.2) is 22.7 Å². The molecule has 0 spiro atoms. The highest BCUT2D eigenvalue weighted by atomic mass is 127. The molecule has 1 rings (SSSR count). The first kappa shape index (κ1) is 9.52. The average molecular weight is 324 g/mol. The van der Waals surface area contributed by atoms with Crippen LogP contribution in [0, 0.1) is 10.5 Å². The van der Waals surface area contributed by atoms with E-state index in [-0.39, 0.29) is 0 Å². The van der Waals surface area contributed by atoms with Gasteiger partial charge in [-0.05, 0) is 59.2 Å². The maximum atomic E-state index is 3.99. The summed E-state index contributed by atoms with van der Waals surface area (Å²) in [6.07, 6.45) is 0. The molecule has 0 saturated heterocycles. The highest BCUT2D eigenvalue weighted by Crippen LogP contribution is 2.24. The molecule has 59 valence electrons. The van der Waals surface area contributed by atoms with Crippen LogP contribution in [0.2, 0.25) is 0 Å². The molecule has 1 aromatic carbocycles. The summed E-state index contributed by atoms with van der Waals surface area (Å²) in [4.78, 5) is 0. The van der Waals surface area contributed by atoms with Crippen LogP contribution in [-0.4, -0.2) is 0 Å². The van der Waals surface area contributed by atoms with Gasteiger partial charge in [0.25, 0.3) is 0 Å². The van der Waals surface area contributed by atoms with Crippen LogP contribution < -0.4 is 0 Å². The molecule has 0 amide bonds. The third kappa shape index (κ3) is 2.44. The normalized spacial score (nSPS) is 10.6. The zero-order valence-electron chi connectivity index (χ0n) is 6.27. The Kier molecular flexibility index (Phi) is 3.37. The third-order valence-electron chi connectivity index (χ3n) is 1.49. The van der Waals surface area contributed by atoms with Gasteiger partial charge in [0.05, 0.1) is 0 Å². The van der Waals surface area contributed by atoms with Crippen LogP contribution in [0.3, 0.4) is 0 Å². The van der Waals surface area contributed by atoms with E-state index >= 15 is 0 Å². The molecule has 0 bridgehead atoms. The minimum Gasteiger partial charge on any atom is -0.0584 e. The van der Waals surface area contributed by atoms with Crippen LogP contribution in [-0.2, 0) is 0 Å². The maximum absolute atomic E-state index is 3.99. The van der Waals surface area contributed by atoms with Crippen molar-refractivity contribution in [2.75, 3.05) is 0 Å². The molecular formula is C9H9BrI. The summed E-state index contributed by atoms with van der Waals surface area (Å²) in [5.41, 5.74) is 1.31. The Labute approximate surface area is 89.7 Å². The molecule has 0 fully saturated rings. The minimum atomic E-state index is 0.361. The fourth-order valence-electron chi connectivity index (χ4n) is 0.892. The van der Waals surface area contributed by atoms with Gasteiger partial charge in [-0.2, -0.15) is 0 Å². The van der Waals surface area contributed by atoms with Gasteiger partial charge in [0, 0.05) is 8.04 Å². The Balaban J connectivity index is 3.13. The van der Waals surface area contributed by atoms with Gasteiger partial charge < -0.3 is 0 Å². The largest absolute Gasteiger partial charge is 0.0584 e. The van der Waals surface area contributed by atoms with Crippen molar-refractivity contribution in [2.24, 2.45) is 0 Å². The SMILES string of the molecule is [CH2]C(C)c1cc(Br)ccc1I. The molecule has 1 atom stereocenters. The first-order valence-corrected chi connectivity index (χ1v) is 5.26. The van der Waals surface area contributed by atoms with Gasteiger partial charge in [-0.15, -0.1) is 0 Å². The zero-order chi connectivity index (χ0) is 8.43. The molecule has 0 N–H and O–H groups in total. The second-order valence-corrected chi connectivity index (χ2v) is 4.64. The van der Waals surface area contributed by atoms with Gasteiger partial charge in [-0.25, -0.2) is 0 Å². The lowest BCUT2D eigenvalue weighted by Gasteiger charge is -2.07. The fraction of sp³-hybridized carbons (Fsp3) is 0.222. The van der Waals surface area contributed by atoms with E-state index in [0.717, 1.165) is 4.47 Å². The summed E-state index contributed by atoms with van der Waals surface area (Å²) < 4.78 is 2.41. The highest BCUT2D eigenvalue weighted by Gasteiger charge is 2.03. The zero-order valence-corrected chi connectivity index (χ0v) is 10.0. The molecule has 0 heterocycles. The van der Waals surface area contributed by atoms with E-state index < -0.39 is 0 Å². The quantitative estimate of drug-likeness (QED) is 0.685. The van der Waals surface area contributed by atoms with Crippen molar-refractivity contribution in [1.82, 2.24) is 0 Å². The Morgan fingerprint density at radius 3 is 2.64 bits per heavy atom. The van der Waals surface area contributed by atoms with E-state index in [0.29, 0.717) is 5.92 Å². The van der Waals surface area contributed by atoms with Gasteiger partial charge in [0.15, 0.2) is 0 Å². The summed E-state index contributed by atoms with van der Waals surface area (Å²) >= 11 is 5.76. The first-order valence-electron chi connectivity index (χ1n) is 3.39. The number of hydrogen-bond donors (Lipinski definition) is 0. The highest BCUT2D eigenvalue weighted by molar-refractivity contribution is 14.1. The molecule has 11 heavy (non-hydrogen) atoms. The molecule has 1 aromatic rings. The topological polar surface area (TPSA) is 0 Å². The van der Waals surface area contributed by atoms with E-state index in [1.54, 1.807) is 0 Å². The molecule has 0 aromatic heterocycles. The van der Waals surface area contributed by atoms with E-state index in [2.05, 4.69) is 64.5 Å². The summed E-state index contributed by atoms with van der Waals surface area (Å²) in [7, 11) is 0. The Morgan fingerprint density at radius 2 is 2.18 bits per heavy atom. The summed E-state index contributed by atoms with van der Waals surface area (Å²) in [6, 6.07) is 6.27. The lowest BCUT2D eigenvalue weighted by molar-refractivity contribution is 0.954. The Bertz CT molecular complexity index is 256. The predicted molar refractivity (Wildman–Crippen MR) is 60.6 cm³/mol. The number of halogens is 2. The molecule has 1 unspecified atom stereocenters. The van der Waals surface area contributed by atoms with Gasteiger partial charge in [-0.1, -0.05) is 22.9 Å². The standard InChI is InChI=1S/C9H9BrI/c1-6(2)8-5-7(10)3-4-9(8)11/h3-6H,1H2,2H3. The van der Waals surface area contributed by atoms with Crippen molar-refractivity contribution >= 4 is 38.5 Å². The van der Waals surface area contributed by atoms with Gasteiger partial charge in [-0.3, -0.25) is 0 Å². The fourth-order valence-corrected chi connectivity index (χ4v) is 2.14. The van der Waals surface area contributed by atoms with Crippen LogP contribution in [0.25, 0.3) is 0 Å². The number of rotatable bonds is 1. The molecule has 0 aliphatic carbocycles. The molecule has 1 radical (unpaired) electrons. The second-order valence-electron chi connectivity index (χ2n) is 2.57. The van der Waals surface area contributed by atoms with Crippen molar-refractivity contribution in [3.05, 3.63) is 38.7 Å². The van der Waals surface area contributed by atoms with Crippen LogP contribution >= 0.6 is 38.5 Å². The molecule has 0 aliphatic rings. The van der Waals surface area contributed by atoms with Crippen molar-refractivity contribution in [3.8, 4) is 0 Å². The number of benzene rings is 1.